The summed E-state index contributed by atoms with van der Waals surface area (Å²) in [5, 5.41) is 27.0. The van der Waals surface area contributed by atoms with E-state index >= 15 is 0 Å². The lowest BCUT2D eigenvalue weighted by atomic mass is 10.2. The normalized spacial score (nSPS) is 12.3. The van der Waals surface area contributed by atoms with Crippen molar-refractivity contribution < 1.29 is 9.90 Å². The summed E-state index contributed by atoms with van der Waals surface area (Å²) in [5.41, 5.74) is 0.619. The Morgan fingerprint density at radius 1 is 1.50 bits per heavy atom. The lowest BCUT2D eigenvalue weighted by Crippen LogP contribution is -2.18. The van der Waals surface area contributed by atoms with E-state index in [9.17, 15) is 4.79 Å². The lowest BCUT2D eigenvalue weighted by Gasteiger charge is -2.07. The fourth-order valence-electron chi connectivity index (χ4n) is 1.17. The number of carbonyl (C=O) groups is 1. The van der Waals surface area contributed by atoms with Gasteiger partial charge in [0.25, 0.3) is 0 Å². The first kappa shape index (κ1) is 10.1. The maximum Gasteiger partial charge on any atom is 0.328 e. The van der Waals surface area contributed by atoms with Crippen LogP contribution in [0.15, 0.2) is 18.5 Å². The molecule has 1 unspecified atom stereocenters. The van der Waals surface area contributed by atoms with Crippen LogP contribution in [-0.4, -0.2) is 41.5 Å². The first-order valence-electron chi connectivity index (χ1n) is 4.48. The molecule has 16 heavy (non-hydrogen) atoms. The molecule has 0 aliphatic rings. The Morgan fingerprint density at radius 2 is 2.31 bits per heavy atom. The van der Waals surface area contributed by atoms with E-state index in [0.29, 0.717) is 11.4 Å². The van der Waals surface area contributed by atoms with Gasteiger partial charge in [-0.15, -0.1) is 5.10 Å². The third-order valence-corrected chi connectivity index (χ3v) is 2.06. The Labute approximate surface area is 89.9 Å². The minimum atomic E-state index is -1.00. The Hall–Kier alpha value is -2.38. The van der Waals surface area contributed by atoms with Crippen LogP contribution in [0.2, 0.25) is 0 Å². The lowest BCUT2D eigenvalue weighted by molar-refractivity contribution is -0.140. The van der Waals surface area contributed by atoms with Gasteiger partial charge < -0.3 is 5.11 Å². The molecule has 0 spiro atoms. The van der Waals surface area contributed by atoms with E-state index in [1.54, 1.807) is 6.07 Å². The monoisotopic (exact) mass is 220 g/mol. The summed E-state index contributed by atoms with van der Waals surface area (Å²) < 4.78 is 1.22. The second-order valence-corrected chi connectivity index (χ2v) is 3.09. The molecule has 0 aliphatic carbocycles. The average Bonchev–Trinajstić information content (AvgIpc) is 2.77. The molecule has 0 radical (unpaired) electrons. The van der Waals surface area contributed by atoms with Gasteiger partial charge in [0.15, 0.2) is 11.9 Å². The Morgan fingerprint density at radius 3 is 2.94 bits per heavy atom. The second kappa shape index (κ2) is 4.01. The van der Waals surface area contributed by atoms with Gasteiger partial charge in [-0.2, -0.15) is 10.2 Å². The van der Waals surface area contributed by atoms with Crippen LogP contribution in [0.5, 0.6) is 0 Å². The standard InChI is InChI=1S/C8H8N6O2/c1-5(8(15)16)14-7(11-12-13-14)6-2-3-9-10-4-6/h2-5H,1H3,(H,15,16). The van der Waals surface area contributed by atoms with Crippen molar-refractivity contribution in [3.63, 3.8) is 0 Å². The average molecular weight is 220 g/mol. The Bertz CT molecular complexity index is 496. The molecule has 8 nitrogen and oxygen atoms in total. The maximum atomic E-state index is 10.8. The number of aliphatic carboxylic acids is 1. The number of nitrogens with zero attached hydrogens (tertiary/aromatic N) is 6. The van der Waals surface area contributed by atoms with E-state index in [0.717, 1.165) is 0 Å². The zero-order valence-electron chi connectivity index (χ0n) is 8.35. The molecule has 0 aliphatic heterocycles. The van der Waals surface area contributed by atoms with Gasteiger partial charge in [-0.25, -0.2) is 9.48 Å². The van der Waals surface area contributed by atoms with Crippen molar-refractivity contribution in [2.75, 3.05) is 0 Å². The molecule has 2 aromatic rings. The van der Waals surface area contributed by atoms with E-state index in [2.05, 4.69) is 25.7 Å². The summed E-state index contributed by atoms with van der Waals surface area (Å²) in [6.07, 6.45) is 2.95. The van der Waals surface area contributed by atoms with Gasteiger partial charge in [-0.05, 0) is 23.4 Å². The predicted octanol–water partition coefficient (Wildman–Crippen LogP) is -0.224. The summed E-state index contributed by atoms with van der Waals surface area (Å²) in [6.45, 7) is 1.50. The van der Waals surface area contributed by atoms with Gasteiger partial charge in [0.05, 0.1) is 12.4 Å². The largest absolute Gasteiger partial charge is 0.480 e. The number of tetrazole rings is 1. The van der Waals surface area contributed by atoms with Crippen LogP contribution >= 0.6 is 0 Å². The highest BCUT2D eigenvalue weighted by Crippen LogP contribution is 2.16. The number of carboxylic acid groups (broad SMARTS) is 1. The third kappa shape index (κ3) is 1.72. The van der Waals surface area contributed by atoms with E-state index in [4.69, 9.17) is 5.11 Å². The SMILES string of the molecule is CC(C(=O)O)n1nnnc1-c1ccnnc1. The minimum absolute atomic E-state index is 0.352. The molecule has 82 valence electrons. The maximum absolute atomic E-state index is 10.8. The van der Waals surface area contributed by atoms with Crippen LogP contribution in [0, 0.1) is 0 Å². The topological polar surface area (TPSA) is 107 Å². The molecular formula is C8H8N6O2. The van der Waals surface area contributed by atoms with Gasteiger partial charge in [-0.1, -0.05) is 0 Å². The molecule has 2 heterocycles. The molecule has 1 N–H and O–H groups in total. The fraction of sp³-hybridized carbons (Fsp3) is 0.250. The summed E-state index contributed by atoms with van der Waals surface area (Å²) in [6, 6.07) is 0.821. The molecule has 0 saturated heterocycles. The predicted molar refractivity (Wildman–Crippen MR) is 51.2 cm³/mol. The van der Waals surface area contributed by atoms with E-state index in [1.165, 1.54) is 24.0 Å². The van der Waals surface area contributed by atoms with E-state index in [1.807, 2.05) is 0 Å². The van der Waals surface area contributed by atoms with Crippen LogP contribution in [0.4, 0.5) is 0 Å². The van der Waals surface area contributed by atoms with Crippen LogP contribution < -0.4 is 0 Å². The highest BCUT2D eigenvalue weighted by molar-refractivity contribution is 5.72. The quantitative estimate of drug-likeness (QED) is 0.761. The van der Waals surface area contributed by atoms with Crippen molar-refractivity contribution in [2.45, 2.75) is 13.0 Å². The minimum Gasteiger partial charge on any atom is -0.480 e. The molecule has 8 heteroatoms. The number of aromatic nitrogens is 6. The fourth-order valence-corrected chi connectivity index (χ4v) is 1.17. The highest BCUT2D eigenvalue weighted by atomic mass is 16.4. The van der Waals surface area contributed by atoms with E-state index < -0.39 is 12.0 Å². The number of carboxylic acids is 1. The molecule has 0 fully saturated rings. The molecule has 0 saturated carbocycles. The van der Waals surface area contributed by atoms with E-state index in [-0.39, 0.29) is 0 Å². The van der Waals surface area contributed by atoms with Crippen LogP contribution in [0.1, 0.15) is 13.0 Å². The molecular weight excluding hydrogens is 212 g/mol. The molecule has 1 atom stereocenters. The first-order chi connectivity index (χ1) is 7.70. The number of rotatable bonds is 3. The zero-order valence-corrected chi connectivity index (χ0v) is 8.35. The van der Waals surface area contributed by atoms with Gasteiger partial charge in [-0.3, -0.25) is 0 Å². The molecule has 0 bridgehead atoms. The summed E-state index contributed by atoms with van der Waals surface area (Å²) >= 11 is 0. The zero-order chi connectivity index (χ0) is 11.5. The Kier molecular flexibility index (Phi) is 2.54. The van der Waals surface area contributed by atoms with Crippen LogP contribution in [-0.2, 0) is 4.79 Å². The van der Waals surface area contributed by atoms with Crippen molar-refractivity contribution in [2.24, 2.45) is 0 Å². The van der Waals surface area contributed by atoms with Crippen molar-refractivity contribution >= 4 is 5.97 Å². The number of hydrogen-bond acceptors (Lipinski definition) is 6. The summed E-state index contributed by atoms with van der Waals surface area (Å²) in [5.74, 6) is -0.652. The van der Waals surface area contributed by atoms with Crippen molar-refractivity contribution in [1.29, 1.82) is 0 Å². The summed E-state index contributed by atoms with van der Waals surface area (Å²) in [4.78, 5) is 10.8. The van der Waals surface area contributed by atoms with Crippen molar-refractivity contribution in [3.05, 3.63) is 18.5 Å². The first-order valence-corrected chi connectivity index (χ1v) is 4.48. The van der Waals surface area contributed by atoms with Crippen molar-refractivity contribution in [1.82, 2.24) is 30.4 Å². The van der Waals surface area contributed by atoms with Crippen LogP contribution in [0.25, 0.3) is 11.4 Å². The molecule has 2 aromatic heterocycles. The van der Waals surface area contributed by atoms with Crippen molar-refractivity contribution in [3.8, 4) is 11.4 Å². The van der Waals surface area contributed by atoms with Crippen LogP contribution in [0.3, 0.4) is 0 Å². The summed E-state index contributed by atoms with van der Waals surface area (Å²) in [7, 11) is 0. The molecule has 2 rings (SSSR count). The van der Waals surface area contributed by atoms with Gasteiger partial charge >= 0.3 is 5.97 Å². The second-order valence-electron chi connectivity index (χ2n) is 3.09. The van der Waals surface area contributed by atoms with Gasteiger partial charge in [0.2, 0.25) is 0 Å². The third-order valence-electron chi connectivity index (χ3n) is 2.06. The van der Waals surface area contributed by atoms with Gasteiger partial charge in [0, 0.05) is 5.56 Å². The Balaban J connectivity index is 2.44. The highest BCUT2D eigenvalue weighted by Gasteiger charge is 2.20. The van der Waals surface area contributed by atoms with Gasteiger partial charge in [0.1, 0.15) is 0 Å². The molecule has 0 amide bonds. The number of hydrogen-bond donors (Lipinski definition) is 1. The molecule has 0 aromatic carbocycles. The smallest absolute Gasteiger partial charge is 0.328 e.